The van der Waals surface area contributed by atoms with Crippen molar-refractivity contribution in [1.82, 2.24) is 9.62 Å². The molecule has 0 saturated carbocycles. The van der Waals surface area contributed by atoms with Crippen molar-refractivity contribution in [3.05, 3.63) is 22.4 Å². The highest BCUT2D eigenvalue weighted by molar-refractivity contribution is 7.89. The van der Waals surface area contributed by atoms with Crippen molar-refractivity contribution in [3.8, 4) is 0 Å². The highest BCUT2D eigenvalue weighted by Crippen LogP contribution is 2.23. The lowest BCUT2D eigenvalue weighted by atomic mass is 10.1. The molecule has 1 unspecified atom stereocenters. The SMILES string of the molecule is CC(C)CS(=O)(=O)NCC(c1ccsc1)N1CCOCC1. The molecule has 0 amide bonds. The summed E-state index contributed by atoms with van der Waals surface area (Å²) >= 11 is 1.64. The molecule has 1 aromatic rings. The van der Waals surface area contributed by atoms with Crippen LogP contribution in [-0.4, -0.2) is 51.9 Å². The first-order chi connectivity index (χ1) is 9.98. The maximum atomic E-state index is 12.0. The fraction of sp³-hybridized carbons (Fsp3) is 0.714. The van der Waals surface area contributed by atoms with E-state index in [9.17, 15) is 8.42 Å². The van der Waals surface area contributed by atoms with E-state index in [0.29, 0.717) is 19.8 Å². The van der Waals surface area contributed by atoms with Gasteiger partial charge in [-0.1, -0.05) is 13.8 Å². The molecule has 0 aliphatic carbocycles. The Labute approximate surface area is 131 Å². The molecule has 0 spiro atoms. The molecule has 1 N–H and O–H groups in total. The van der Waals surface area contributed by atoms with Gasteiger partial charge in [0.15, 0.2) is 0 Å². The van der Waals surface area contributed by atoms with Gasteiger partial charge in [0.1, 0.15) is 0 Å². The Morgan fingerprint density at radius 1 is 1.38 bits per heavy atom. The maximum absolute atomic E-state index is 12.0. The van der Waals surface area contributed by atoms with Crippen molar-refractivity contribution in [3.63, 3.8) is 0 Å². The molecular weight excluding hydrogens is 308 g/mol. The first kappa shape index (κ1) is 16.9. The number of hydrogen-bond donors (Lipinski definition) is 1. The number of morpholine rings is 1. The molecule has 1 atom stereocenters. The van der Waals surface area contributed by atoms with Gasteiger partial charge in [-0.25, -0.2) is 13.1 Å². The zero-order chi connectivity index (χ0) is 15.3. The molecule has 0 bridgehead atoms. The Balaban J connectivity index is 2.03. The third-order valence-electron chi connectivity index (χ3n) is 3.46. The number of sulfonamides is 1. The van der Waals surface area contributed by atoms with Crippen LogP contribution in [0.1, 0.15) is 25.5 Å². The summed E-state index contributed by atoms with van der Waals surface area (Å²) in [7, 11) is -3.21. The van der Waals surface area contributed by atoms with Crippen molar-refractivity contribution in [2.75, 3.05) is 38.6 Å². The van der Waals surface area contributed by atoms with Crippen LogP contribution < -0.4 is 4.72 Å². The molecule has 2 rings (SSSR count). The fourth-order valence-electron chi connectivity index (χ4n) is 2.52. The Kier molecular flexibility index (Phi) is 6.19. The molecule has 7 heteroatoms. The number of nitrogens with zero attached hydrogens (tertiary/aromatic N) is 1. The second-order valence-electron chi connectivity index (χ2n) is 5.74. The van der Waals surface area contributed by atoms with Crippen LogP contribution in [0.3, 0.4) is 0 Å². The zero-order valence-corrected chi connectivity index (χ0v) is 14.3. The molecule has 120 valence electrons. The highest BCUT2D eigenvalue weighted by atomic mass is 32.2. The summed E-state index contributed by atoms with van der Waals surface area (Å²) in [6.45, 7) is 7.35. The van der Waals surface area contributed by atoms with E-state index in [0.717, 1.165) is 13.1 Å². The van der Waals surface area contributed by atoms with E-state index in [1.165, 1.54) is 5.56 Å². The summed E-state index contributed by atoms with van der Waals surface area (Å²) in [5.41, 5.74) is 1.18. The van der Waals surface area contributed by atoms with E-state index >= 15 is 0 Å². The van der Waals surface area contributed by atoms with Crippen molar-refractivity contribution >= 4 is 21.4 Å². The molecule has 2 heterocycles. The van der Waals surface area contributed by atoms with Gasteiger partial charge >= 0.3 is 0 Å². The van der Waals surface area contributed by atoms with E-state index in [1.54, 1.807) is 11.3 Å². The Bertz CT molecular complexity index is 508. The monoisotopic (exact) mass is 332 g/mol. The van der Waals surface area contributed by atoms with Crippen LogP contribution >= 0.6 is 11.3 Å². The minimum atomic E-state index is -3.21. The van der Waals surface area contributed by atoms with Gasteiger partial charge in [0.2, 0.25) is 10.0 Å². The van der Waals surface area contributed by atoms with E-state index < -0.39 is 10.0 Å². The van der Waals surface area contributed by atoms with E-state index in [4.69, 9.17) is 4.74 Å². The molecule has 1 fully saturated rings. The first-order valence-electron chi connectivity index (χ1n) is 7.29. The molecule has 21 heavy (non-hydrogen) atoms. The van der Waals surface area contributed by atoms with Crippen LogP contribution in [0.4, 0.5) is 0 Å². The number of ether oxygens (including phenoxy) is 1. The van der Waals surface area contributed by atoms with Crippen LogP contribution in [-0.2, 0) is 14.8 Å². The number of thiophene rings is 1. The lowest BCUT2D eigenvalue weighted by molar-refractivity contribution is 0.0173. The highest BCUT2D eigenvalue weighted by Gasteiger charge is 2.24. The van der Waals surface area contributed by atoms with Gasteiger partial charge in [-0.15, -0.1) is 0 Å². The topological polar surface area (TPSA) is 58.6 Å². The van der Waals surface area contributed by atoms with Crippen LogP contribution in [0.15, 0.2) is 16.8 Å². The molecule has 1 aromatic heterocycles. The second-order valence-corrected chi connectivity index (χ2v) is 8.38. The molecule has 1 aliphatic rings. The number of rotatable bonds is 7. The van der Waals surface area contributed by atoms with Crippen LogP contribution in [0.2, 0.25) is 0 Å². The molecular formula is C14H24N2O3S2. The summed E-state index contributed by atoms with van der Waals surface area (Å²) in [4.78, 5) is 2.30. The van der Waals surface area contributed by atoms with Crippen molar-refractivity contribution in [2.45, 2.75) is 19.9 Å². The normalized spacial score (nSPS) is 19.0. The summed E-state index contributed by atoms with van der Waals surface area (Å²) in [5, 5.41) is 4.13. The number of nitrogens with one attached hydrogen (secondary N) is 1. The second kappa shape index (κ2) is 7.69. The van der Waals surface area contributed by atoms with E-state index in [1.807, 2.05) is 19.2 Å². The van der Waals surface area contributed by atoms with Gasteiger partial charge in [0.25, 0.3) is 0 Å². The standard InChI is InChI=1S/C14H24N2O3S2/c1-12(2)11-21(17,18)15-9-14(13-3-8-20-10-13)16-4-6-19-7-5-16/h3,8,10,12,14-15H,4-7,9,11H2,1-2H3. The minimum Gasteiger partial charge on any atom is -0.379 e. The van der Waals surface area contributed by atoms with Gasteiger partial charge in [0, 0.05) is 25.7 Å². The van der Waals surface area contributed by atoms with Crippen molar-refractivity contribution < 1.29 is 13.2 Å². The lowest BCUT2D eigenvalue weighted by Gasteiger charge is -2.34. The third-order valence-corrected chi connectivity index (χ3v) is 5.88. The van der Waals surface area contributed by atoms with Crippen LogP contribution in [0.5, 0.6) is 0 Å². The predicted octanol–water partition coefficient (Wildman–Crippen LogP) is 1.70. The summed E-state index contributed by atoms with van der Waals surface area (Å²) in [6.07, 6.45) is 0. The first-order valence-corrected chi connectivity index (χ1v) is 9.88. The van der Waals surface area contributed by atoms with Gasteiger partial charge in [-0.3, -0.25) is 4.90 Å². The molecule has 5 nitrogen and oxygen atoms in total. The van der Waals surface area contributed by atoms with Gasteiger partial charge in [0.05, 0.1) is 19.0 Å². The minimum absolute atomic E-state index is 0.0853. The Morgan fingerprint density at radius 2 is 2.10 bits per heavy atom. The molecule has 0 radical (unpaired) electrons. The van der Waals surface area contributed by atoms with Crippen molar-refractivity contribution in [2.24, 2.45) is 5.92 Å². The molecule has 0 aromatic carbocycles. The van der Waals surface area contributed by atoms with Gasteiger partial charge < -0.3 is 4.74 Å². The van der Waals surface area contributed by atoms with Crippen LogP contribution in [0, 0.1) is 5.92 Å². The van der Waals surface area contributed by atoms with Gasteiger partial charge in [-0.2, -0.15) is 11.3 Å². The predicted molar refractivity (Wildman–Crippen MR) is 86.1 cm³/mol. The van der Waals surface area contributed by atoms with E-state index in [2.05, 4.69) is 21.1 Å². The molecule has 1 aliphatic heterocycles. The summed E-state index contributed by atoms with van der Waals surface area (Å²) in [5.74, 6) is 0.303. The number of hydrogen-bond acceptors (Lipinski definition) is 5. The van der Waals surface area contributed by atoms with Crippen molar-refractivity contribution in [1.29, 1.82) is 0 Å². The maximum Gasteiger partial charge on any atom is 0.211 e. The fourth-order valence-corrected chi connectivity index (χ4v) is 4.63. The van der Waals surface area contributed by atoms with E-state index in [-0.39, 0.29) is 17.7 Å². The molecule has 1 saturated heterocycles. The van der Waals surface area contributed by atoms with Crippen LogP contribution in [0.25, 0.3) is 0 Å². The largest absolute Gasteiger partial charge is 0.379 e. The third kappa shape index (κ3) is 5.34. The Hall–Kier alpha value is -0.470. The summed E-state index contributed by atoms with van der Waals surface area (Å²) in [6, 6.07) is 2.16. The quantitative estimate of drug-likeness (QED) is 0.826. The van der Waals surface area contributed by atoms with Gasteiger partial charge in [-0.05, 0) is 28.3 Å². The average molecular weight is 332 g/mol. The summed E-state index contributed by atoms with van der Waals surface area (Å²) < 4.78 is 32.3. The zero-order valence-electron chi connectivity index (χ0n) is 12.6. The lowest BCUT2D eigenvalue weighted by Crippen LogP contribution is -2.44. The average Bonchev–Trinajstić information content (AvgIpc) is 2.92. The smallest absolute Gasteiger partial charge is 0.211 e. The Morgan fingerprint density at radius 3 is 2.67 bits per heavy atom.